The quantitative estimate of drug-likeness (QED) is 0.658. The van der Waals surface area contributed by atoms with E-state index in [4.69, 9.17) is 11.0 Å². The van der Waals surface area contributed by atoms with Crippen molar-refractivity contribution in [1.82, 2.24) is 10.6 Å². The monoisotopic (exact) mass is 232 g/mol. The van der Waals surface area contributed by atoms with Gasteiger partial charge < -0.3 is 16.4 Å². The lowest BCUT2D eigenvalue weighted by Gasteiger charge is -2.14. The predicted molar refractivity (Wildman–Crippen MR) is 65.2 cm³/mol. The molecule has 0 radical (unpaired) electrons. The van der Waals surface area contributed by atoms with Gasteiger partial charge >= 0.3 is 6.03 Å². The molecule has 4 N–H and O–H groups in total. The SMILES string of the molecule is CC(NCCNC(N)=O)c1ccc(C#N)cc1. The lowest BCUT2D eigenvalue weighted by molar-refractivity contribution is 0.249. The number of carbonyl (C=O) groups excluding carboxylic acids is 1. The number of urea groups is 1. The Kier molecular flexibility index (Phi) is 4.98. The van der Waals surface area contributed by atoms with E-state index in [1.54, 1.807) is 12.1 Å². The average Bonchev–Trinajstić information content (AvgIpc) is 2.34. The molecule has 0 bridgehead atoms. The van der Waals surface area contributed by atoms with Gasteiger partial charge in [-0.3, -0.25) is 0 Å². The van der Waals surface area contributed by atoms with Crippen LogP contribution >= 0.6 is 0 Å². The first-order valence-electron chi connectivity index (χ1n) is 5.40. The van der Waals surface area contributed by atoms with Crippen molar-refractivity contribution in [2.75, 3.05) is 13.1 Å². The third-order valence-electron chi connectivity index (χ3n) is 2.41. The molecular formula is C12H16N4O. The predicted octanol–water partition coefficient (Wildman–Crippen LogP) is 0.877. The molecule has 1 atom stereocenters. The van der Waals surface area contributed by atoms with Gasteiger partial charge in [0.25, 0.3) is 0 Å². The van der Waals surface area contributed by atoms with Crippen molar-refractivity contribution < 1.29 is 4.79 Å². The summed E-state index contributed by atoms with van der Waals surface area (Å²) in [7, 11) is 0. The highest BCUT2D eigenvalue weighted by Crippen LogP contribution is 2.12. The maximum absolute atomic E-state index is 10.4. The minimum atomic E-state index is -0.516. The van der Waals surface area contributed by atoms with Gasteiger partial charge in [-0.1, -0.05) is 12.1 Å². The van der Waals surface area contributed by atoms with E-state index in [0.717, 1.165) is 5.56 Å². The Labute approximate surface area is 101 Å². The molecule has 0 saturated heterocycles. The van der Waals surface area contributed by atoms with E-state index in [1.807, 2.05) is 19.1 Å². The van der Waals surface area contributed by atoms with Crippen molar-refractivity contribution in [3.05, 3.63) is 35.4 Å². The number of nitrogens with zero attached hydrogens (tertiary/aromatic N) is 1. The van der Waals surface area contributed by atoms with Crippen molar-refractivity contribution in [1.29, 1.82) is 5.26 Å². The lowest BCUT2D eigenvalue weighted by Crippen LogP contribution is -2.35. The number of carbonyl (C=O) groups is 1. The molecule has 1 aromatic rings. The summed E-state index contributed by atoms with van der Waals surface area (Å²) in [5.74, 6) is 0. The van der Waals surface area contributed by atoms with Gasteiger partial charge in [-0.05, 0) is 24.6 Å². The fourth-order valence-corrected chi connectivity index (χ4v) is 1.44. The first-order chi connectivity index (χ1) is 8.13. The molecule has 0 heterocycles. The second-order valence-electron chi connectivity index (χ2n) is 3.70. The van der Waals surface area contributed by atoms with Gasteiger partial charge in [-0.25, -0.2) is 4.79 Å². The summed E-state index contributed by atoms with van der Waals surface area (Å²) in [6.07, 6.45) is 0. The second kappa shape index (κ2) is 6.51. The molecule has 0 aliphatic heterocycles. The molecule has 90 valence electrons. The minimum Gasteiger partial charge on any atom is -0.352 e. The molecule has 0 spiro atoms. The number of hydrogen-bond donors (Lipinski definition) is 3. The largest absolute Gasteiger partial charge is 0.352 e. The third kappa shape index (κ3) is 4.53. The van der Waals surface area contributed by atoms with Crippen LogP contribution < -0.4 is 16.4 Å². The Balaban J connectivity index is 2.39. The minimum absolute atomic E-state index is 0.164. The standard InChI is InChI=1S/C12H16N4O/c1-9(15-6-7-16-12(14)17)11-4-2-10(8-13)3-5-11/h2-5,9,15H,6-7H2,1H3,(H3,14,16,17). The summed E-state index contributed by atoms with van der Waals surface area (Å²) in [5, 5.41) is 14.4. The summed E-state index contributed by atoms with van der Waals surface area (Å²) in [5.41, 5.74) is 6.69. The Morgan fingerprint density at radius 1 is 1.41 bits per heavy atom. The van der Waals surface area contributed by atoms with Gasteiger partial charge in [-0.2, -0.15) is 5.26 Å². The molecule has 1 unspecified atom stereocenters. The molecular weight excluding hydrogens is 216 g/mol. The van der Waals surface area contributed by atoms with Crippen molar-refractivity contribution in [3.63, 3.8) is 0 Å². The van der Waals surface area contributed by atoms with E-state index in [-0.39, 0.29) is 6.04 Å². The zero-order valence-corrected chi connectivity index (χ0v) is 9.73. The fourth-order valence-electron chi connectivity index (χ4n) is 1.44. The van der Waals surface area contributed by atoms with Crippen molar-refractivity contribution in [2.45, 2.75) is 13.0 Å². The molecule has 0 aliphatic rings. The Morgan fingerprint density at radius 3 is 2.59 bits per heavy atom. The molecule has 2 amide bonds. The zero-order chi connectivity index (χ0) is 12.7. The third-order valence-corrected chi connectivity index (χ3v) is 2.41. The smallest absolute Gasteiger partial charge is 0.312 e. The van der Waals surface area contributed by atoms with Gasteiger partial charge in [0, 0.05) is 19.1 Å². The number of nitriles is 1. The fraction of sp³-hybridized carbons (Fsp3) is 0.333. The lowest BCUT2D eigenvalue weighted by atomic mass is 10.1. The summed E-state index contributed by atoms with van der Waals surface area (Å²) < 4.78 is 0. The first-order valence-corrected chi connectivity index (χ1v) is 5.40. The van der Waals surface area contributed by atoms with Gasteiger partial charge in [0.2, 0.25) is 0 Å². The number of nitrogens with one attached hydrogen (secondary N) is 2. The summed E-state index contributed by atoms with van der Waals surface area (Å²) in [6.45, 7) is 3.16. The van der Waals surface area contributed by atoms with Crippen LogP contribution in [-0.2, 0) is 0 Å². The number of nitrogens with two attached hydrogens (primary N) is 1. The molecule has 5 heteroatoms. The maximum Gasteiger partial charge on any atom is 0.312 e. The topological polar surface area (TPSA) is 90.9 Å². The molecule has 1 aromatic carbocycles. The number of hydrogen-bond acceptors (Lipinski definition) is 3. The van der Waals surface area contributed by atoms with E-state index in [2.05, 4.69) is 16.7 Å². The summed E-state index contributed by atoms with van der Waals surface area (Å²) >= 11 is 0. The van der Waals surface area contributed by atoms with Crippen molar-refractivity contribution in [2.24, 2.45) is 5.73 Å². The highest BCUT2D eigenvalue weighted by Gasteiger charge is 2.04. The molecule has 0 saturated carbocycles. The van der Waals surface area contributed by atoms with E-state index in [1.165, 1.54) is 0 Å². The molecule has 5 nitrogen and oxygen atoms in total. The van der Waals surface area contributed by atoms with Crippen LogP contribution in [0, 0.1) is 11.3 Å². The van der Waals surface area contributed by atoms with E-state index in [9.17, 15) is 4.79 Å². The number of amides is 2. The normalized spacial score (nSPS) is 11.5. The van der Waals surface area contributed by atoms with E-state index in [0.29, 0.717) is 18.7 Å². The van der Waals surface area contributed by atoms with Gasteiger partial charge in [0.15, 0.2) is 0 Å². The van der Waals surface area contributed by atoms with Crippen LogP contribution in [0.4, 0.5) is 4.79 Å². The molecule has 0 fully saturated rings. The average molecular weight is 232 g/mol. The van der Waals surface area contributed by atoms with Gasteiger partial charge in [0.05, 0.1) is 11.6 Å². The highest BCUT2D eigenvalue weighted by molar-refractivity contribution is 5.71. The van der Waals surface area contributed by atoms with Crippen LogP contribution in [0.5, 0.6) is 0 Å². The van der Waals surface area contributed by atoms with Crippen LogP contribution in [0.15, 0.2) is 24.3 Å². The summed E-state index contributed by atoms with van der Waals surface area (Å²) in [6, 6.07) is 9.13. The van der Waals surface area contributed by atoms with Crippen LogP contribution in [0.1, 0.15) is 24.1 Å². The van der Waals surface area contributed by atoms with Gasteiger partial charge in [-0.15, -0.1) is 0 Å². The maximum atomic E-state index is 10.4. The molecule has 0 aliphatic carbocycles. The molecule has 17 heavy (non-hydrogen) atoms. The van der Waals surface area contributed by atoms with Crippen LogP contribution in [-0.4, -0.2) is 19.1 Å². The summed E-state index contributed by atoms with van der Waals surface area (Å²) in [4.78, 5) is 10.4. The zero-order valence-electron chi connectivity index (χ0n) is 9.73. The number of rotatable bonds is 5. The Morgan fingerprint density at radius 2 is 2.06 bits per heavy atom. The molecule has 1 rings (SSSR count). The van der Waals surface area contributed by atoms with Crippen LogP contribution in [0.2, 0.25) is 0 Å². The Hall–Kier alpha value is -2.06. The highest BCUT2D eigenvalue weighted by atomic mass is 16.2. The van der Waals surface area contributed by atoms with E-state index >= 15 is 0 Å². The number of benzene rings is 1. The van der Waals surface area contributed by atoms with E-state index < -0.39 is 6.03 Å². The Bertz CT molecular complexity index is 408. The van der Waals surface area contributed by atoms with Crippen molar-refractivity contribution in [3.8, 4) is 6.07 Å². The second-order valence-corrected chi connectivity index (χ2v) is 3.70. The van der Waals surface area contributed by atoms with Gasteiger partial charge in [0.1, 0.15) is 0 Å². The number of primary amides is 1. The van der Waals surface area contributed by atoms with Crippen molar-refractivity contribution >= 4 is 6.03 Å². The molecule has 0 aromatic heterocycles. The first kappa shape index (κ1) is 13.0. The van der Waals surface area contributed by atoms with Crippen LogP contribution in [0.3, 0.4) is 0 Å². The van der Waals surface area contributed by atoms with Crippen LogP contribution in [0.25, 0.3) is 0 Å².